The number of aryl methyl sites for hydroxylation is 2. The van der Waals surface area contributed by atoms with E-state index in [4.69, 9.17) is 4.74 Å². The molecule has 0 saturated carbocycles. The van der Waals surface area contributed by atoms with Crippen molar-refractivity contribution in [3.63, 3.8) is 0 Å². The minimum absolute atomic E-state index is 0.117. The number of hydrogen-bond acceptors (Lipinski definition) is 2. The van der Waals surface area contributed by atoms with E-state index in [1.165, 1.54) is 16.7 Å². The van der Waals surface area contributed by atoms with Crippen molar-refractivity contribution in [1.82, 2.24) is 0 Å². The van der Waals surface area contributed by atoms with E-state index in [1.54, 1.807) is 0 Å². The maximum absolute atomic E-state index is 5.92. The summed E-state index contributed by atoms with van der Waals surface area (Å²) in [6.07, 6.45) is 2.14. The van der Waals surface area contributed by atoms with Gasteiger partial charge in [-0.25, -0.2) is 0 Å². The van der Waals surface area contributed by atoms with Gasteiger partial charge in [0.2, 0.25) is 0 Å². The molecule has 2 heteroatoms. The first-order valence-electron chi connectivity index (χ1n) is 6.77. The van der Waals surface area contributed by atoms with Crippen molar-refractivity contribution in [2.75, 3.05) is 12.4 Å². The lowest BCUT2D eigenvalue weighted by atomic mass is 9.83. The van der Waals surface area contributed by atoms with Gasteiger partial charge in [-0.1, -0.05) is 38.5 Å². The normalized spacial score (nSPS) is 11.7. The van der Waals surface area contributed by atoms with E-state index < -0.39 is 0 Å². The zero-order valence-corrected chi connectivity index (χ0v) is 13.2. The molecule has 1 rings (SSSR count). The molecule has 0 aliphatic rings. The molecule has 0 bridgehead atoms. The molecule has 0 fully saturated rings. The second kappa shape index (κ2) is 6.51. The van der Waals surface area contributed by atoms with Gasteiger partial charge in [0, 0.05) is 5.56 Å². The topological polar surface area (TPSA) is 9.23 Å². The Labute approximate surface area is 117 Å². The molecule has 0 N–H and O–H groups in total. The van der Waals surface area contributed by atoms with Crippen LogP contribution >= 0.6 is 12.6 Å². The molecule has 0 aromatic heterocycles. The predicted octanol–water partition coefficient (Wildman–Crippen LogP) is 4.55. The zero-order valence-electron chi connectivity index (χ0n) is 12.3. The highest BCUT2D eigenvalue weighted by atomic mass is 32.1. The van der Waals surface area contributed by atoms with Crippen LogP contribution in [0.1, 0.15) is 50.8 Å². The molecule has 0 aliphatic heterocycles. The molecule has 0 radical (unpaired) electrons. The van der Waals surface area contributed by atoms with Crippen LogP contribution in [0.15, 0.2) is 12.1 Å². The fourth-order valence-electron chi connectivity index (χ4n) is 2.18. The molecule has 1 aromatic rings. The molecular weight excluding hydrogens is 240 g/mol. The summed E-state index contributed by atoms with van der Waals surface area (Å²) in [6.45, 7) is 11.7. The molecule has 0 spiro atoms. The van der Waals surface area contributed by atoms with Gasteiger partial charge in [-0.15, -0.1) is 0 Å². The van der Waals surface area contributed by atoms with Crippen LogP contribution in [0.3, 0.4) is 0 Å². The highest BCUT2D eigenvalue weighted by Gasteiger charge is 2.21. The van der Waals surface area contributed by atoms with Crippen molar-refractivity contribution < 1.29 is 4.74 Å². The van der Waals surface area contributed by atoms with Gasteiger partial charge >= 0.3 is 0 Å². The van der Waals surface area contributed by atoms with Gasteiger partial charge in [0.15, 0.2) is 0 Å². The van der Waals surface area contributed by atoms with E-state index >= 15 is 0 Å². The van der Waals surface area contributed by atoms with Crippen molar-refractivity contribution >= 4 is 12.6 Å². The lowest BCUT2D eigenvalue weighted by molar-refractivity contribution is 0.326. The lowest BCUT2D eigenvalue weighted by Crippen LogP contribution is -2.15. The van der Waals surface area contributed by atoms with Crippen molar-refractivity contribution in [2.24, 2.45) is 0 Å². The Balaban J connectivity index is 3.26. The Morgan fingerprint density at radius 1 is 1.22 bits per heavy atom. The largest absolute Gasteiger partial charge is 0.493 e. The lowest BCUT2D eigenvalue weighted by Gasteiger charge is -2.25. The summed E-state index contributed by atoms with van der Waals surface area (Å²) in [4.78, 5) is 0. The maximum atomic E-state index is 5.92. The molecule has 102 valence electrons. The SMILES string of the molecule is CCOc1c(CCCS)cc(C)cc1C(C)(C)C. The molecule has 1 aromatic carbocycles. The van der Waals surface area contributed by atoms with Crippen molar-refractivity contribution in [3.05, 3.63) is 28.8 Å². The third-order valence-corrected chi connectivity index (χ3v) is 3.33. The molecule has 0 aliphatic carbocycles. The van der Waals surface area contributed by atoms with Crippen molar-refractivity contribution in [1.29, 1.82) is 0 Å². The highest BCUT2D eigenvalue weighted by Crippen LogP contribution is 2.36. The molecule has 0 atom stereocenters. The first-order chi connectivity index (χ1) is 8.40. The van der Waals surface area contributed by atoms with Crippen LogP contribution in [0.5, 0.6) is 5.75 Å². The summed E-state index contributed by atoms with van der Waals surface area (Å²) in [5.74, 6) is 2.02. The second-order valence-electron chi connectivity index (χ2n) is 5.81. The van der Waals surface area contributed by atoms with Crippen LogP contribution in [0.4, 0.5) is 0 Å². The summed E-state index contributed by atoms with van der Waals surface area (Å²) >= 11 is 4.31. The van der Waals surface area contributed by atoms with Gasteiger partial charge in [0.1, 0.15) is 5.75 Å². The molecule has 0 heterocycles. The number of benzene rings is 1. The van der Waals surface area contributed by atoms with E-state index in [0.717, 1.165) is 31.0 Å². The number of rotatable bonds is 5. The summed E-state index contributed by atoms with van der Waals surface area (Å²) in [5, 5.41) is 0. The van der Waals surface area contributed by atoms with E-state index in [1.807, 2.05) is 0 Å². The van der Waals surface area contributed by atoms with Crippen molar-refractivity contribution in [3.8, 4) is 5.75 Å². The van der Waals surface area contributed by atoms with E-state index in [-0.39, 0.29) is 5.41 Å². The van der Waals surface area contributed by atoms with Crippen LogP contribution in [-0.4, -0.2) is 12.4 Å². The summed E-state index contributed by atoms with van der Waals surface area (Å²) < 4.78 is 5.92. The van der Waals surface area contributed by atoms with Gasteiger partial charge < -0.3 is 4.74 Å². The molecule has 0 unspecified atom stereocenters. The summed E-state index contributed by atoms with van der Waals surface area (Å²) in [7, 11) is 0. The quantitative estimate of drug-likeness (QED) is 0.769. The highest BCUT2D eigenvalue weighted by molar-refractivity contribution is 7.80. The Hall–Kier alpha value is -0.630. The third kappa shape index (κ3) is 3.94. The minimum atomic E-state index is 0.117. The predicted molar refractivity (Wildman–Crippen MR) is 83.2 cm³/mol. The minimum Gasteiger partial charge on any atom is -0.493 e. The zero-order chi connectivity index (χ0) is 13.8. The van der Waals surface area contributed by atoms with Crippen LogP contribution in [0.2, 0.25) is 0 Å². The Morgan fingerprint density at radius 2 is 1.89 bits per heavy atom. The van der Waals surface area contributed by atoms with Gasteiger partial charge in [0.05, 0.1) is 6.61 Å². The molecule has 1 nitrogen and oxygen atoms in total. The fourth-order valence-corrected chi connectivity index (χ4v) is 2.33. The monoisotopic (exact) mass is 266 g/mol. The Morgan fingerprint density at radius 3 is 2.39 bits per heavy atom. The second-order valence-corrected chi connectivity index (χ2v) is 6.26. The molecule has 0 amide bonds. The van der Waals surface area contributed by atoms with Crippen LogP contribution < -0.4 is 4.74 Å². The number of hydrogen-bond donors (Lipinski definition) is 1. The van der Waals surface area contributed by atoms with E-state index in [9.17, 15) is 0 Å². The van der Waals surface area contributed by atoms with Crippen molar-refractivity contribution in [2.45, 2.75) is 52.9 Å². The van der Waals surface area contributed by atoms with Gasteiger partial charge in [-0.05, 0) is 43.4 Å². The van der Waals surface area contributed by atoms with E-state index in [2.05, 4.69) is 59.4 Å². The Kier molecular flexibility index (Phi) is 5.58. The average molecular weight is 266 g/mol. The number of thiol groups is 1. The standard InChI is InChI=1S/C16H26OS/c1-6-17-15-13(8-7-9-18)10-12(2)11-14(15)16(3,4)5/h10-11,18H,6-9H2,1-5H3. The van der Waals surface area contributed by atoms with Gasteiger partial charge in [-0.2, -0.15) is 12.6 Å². The molecule has 0 saturated heterocycles. The fraction of sp³-hybridized carbons (Fsp3) is 0.625. The maximum Gasteiger partial charge on any atom is 0.126 e. The van der Waals surface area contributed by atoms with Crippen LogP contribution in [0, 0.1) is 6.92 Å². The molecular formula is C16H26OS. The Bertz CT molecular complexity index is 391. The van der Waals surface area contributed by atoms with Crippen LogP contribution in [0.25, 0.3) is 0 Å². The third-order valence-electron chi connectivity index (χ3n) is 3.01. The van der Waals surface area contributed by atoms with E-state index in [0.29, 0.717) is 0 Å². The molecule has 18 heavy (non-hydrogen) atoms. The average Bonchev–Trinajstić information content (AvgIpc) is 2.27. The number of ether oxygens (including phenoxy) is 1. The smallest absolute Gasteiger partial charge is 0.126 e. The summed E-state index contributed by atoms with van der Waals surface area (Å²) in [5.41, 5.74) is 4.08. The van der Waals surface area contributed by atoms with Gasteiger partial charge in [-0.3, -0.25) is 0 Å². The first-order valence-corrected chi connectivity index (χ1v) is 7.41. The summed E-state index contributed by atoms with van der Waals surface area (Å²) in [6, 6.07) is 4.51. The van der Waals surface area contributed by atoms with Crippen LogP contribution in [-0.2, 0) is 11.8 Å². The first kappa shape index (κ1) is 15.4. The van der Waals surface area contributed by atoms with Gasteiger partial charge in [0.25, 0.3) is 0 Å².